The normalized spacial score (nSPS) is 19.1. The molecule has 0 bridgehead atoms. The maximum Gasteiger partial charge on any atom is 0.193 e. The summed E-state index contributed by atoms with van der Waals surface area (Å²) in [5.74, 6) is -0.411. The predicted molar refractivity (Wildman–Crippen MR) is 199 cm³/mol. The summed E-state index contributed by atoms with van der Waals surface area (Å²) in [6, 6.07) is 23.3. The summed E-state index contributed by atoms with van der Waals surface area (Å²) in [6.07, 6.45) is 21.6. The number of para-hydroxylation sites is 2. The van der Waals surface area contributed by atoms with Crippen LogP contribution in [0.4, 0.5) is 0 Å². The number of H-pyrrole nitrogens is 1. The van der Waals surface area contributed by atoms with Crippen molar-refractivity contribution >= 4 is 50.5 Å². The number of Topliss-reactive ketones (excluding diaryl/α,β-unsaturated/α-hetero) is 1. The zero-order valence-electron chi connectivity index (χ0n) is 27.2. The van der Waals surface area contributed by atoms with E-state index in [1.807, 2.05) is 116 Å². The molecule has 242 valence electrons. The van der Waals surface area contributed by atoms with E-state index < -0.39 is 12.0 Å². The van der Waals surface area contributed by atoms with Gasteiger partial charge in [-0.1, -0.05) is 66.8 Å². The third kappa shape index (κ3) is 4.74. The number of benzene rings is 2. The van der Waals surface area contributed by atoms with Crippen LogP contribution in [0.3, 0.4) is 0 Å². The van der Waals surface area contributed by atoms with Gasteiger partial charge >= 0.3 is 0 Å². The second kappa shape index (κ2) is 11.6. The highest BCUT2D eigenvalue weighted by Gasteiger charge is 2.44. The number of nitrogens with one attached hydrogen (secondary N) is 1. The fourth-order valence-electron chi connectivity index (χ4n) is 7.36. The molecule has 2 atom stereocenters. The molecule has 6 aromatic rings. The number of hydrogen-bond donors (Lipinski definition) is 1. The van der Waals surface area contributed by atoms with Gasteiger partial charge in [-0.05, 0) is 48.6 Å². The van der Waals surface area contributed by atoms with Gasteiger partial charge in [0, 0.05) is 59.0 Å². The standard InChI is InChI=1S/C42H28N8O/c51-41-35(31-16-8-21-44-31)34(30-15-7-20-43-30)36(42-45-24-26-11-2-4-14-29(26)47-42)39-40(41)48-37(27-12-9-23-50-22-6-5-17-33(27)50)38(49-39)32-19-18-25-10-1-3-13-28(25)46-32/h1-22,24,31,35,43H,23H2. The van der Waals surface area contributed by atoms with Gasteiger partial charge in [-0.15, -0.1) is 0 Å². The summed E-state index contributed by atoms with van der Waals surface area (Å²) in [6.45, 7) is 0.723. The van der Waals surface area contributed by atoms with E-state index in [4.69, 9.17) is 29.9 Å². The minimum Gasteiger partial charge on any atom is -0.361 e. The number of allylic oxidation sites excluding steroid dienone is 6. The van der Waals surface area contributed by atoms with Gasteiger partial charge in [0.25, 0.3) is 0 Å². The lowest BCUT2D eigenvalue weighted by atomic mass is 9.76. The van der Waals surface area contributed by atoms with Gasteiger partial charge in [0.2, 0.25) is 0 Å². The van der Waals surface area contributed by atoms with Crippen LogP contribution in [0.5, 0.6) is 0 Å². The Hall–Kier alpha value is -6.87. The number of ketones is 1. The first-order valence-electron chi connectivity index (χ1n) is 16.9. The number of aliphatic imine (C=N–C) groups is 1. The highest BCUT2D eigenvalue weighted by molar-refractivity contribution is 6.18. The Bertz CT molecular complexity index is 2650. The molecule has 7 heterocycles. The molecule has 51 heavy (non-hydrogen) atoms. The monoisotopic (exact) mass is 660 g/mol. The summed E-state index contributed by atoms with van der Waals surface area (Å²) >= 11 is 0. The Morgan fingerprint density at radius 1 is 0.745 bits per heavy atom. The maximum atomic E-state index is 15.1. The van der Waals surface area contributed by atoms with Crippen molar-refractivity contribution < 1.29 is 4.79 Å². The number of hydrogen-bond acceptors (Lipinski definition) is 8. The van der Waals surface area contributed by atoms with E-state index in [-0.39, 0.29) is 11.5 Å². The molecule has 4 aromatic heterocycles. The highest BCUT2D eigenvalue weighted by atomic mass is 16.1. The molecule has 9 nitrogen and oxygen atoms in total. The molecule has 3 aliphatic heterocycles. The van der Waals surface area contributed by atoms with Crippen molar-refractivity contribution in [1.82, 2.24) is 34.8 Å². The summed E-state index contributed by atoms with van der Waals surface area (Å²) in [5, 5.41) is 1.93. The third-order valence-electron chi connectivity index (χ3n) is 9.72. The van der Waals surface area contributed by atoms with Crippen molar-refractivity contribution in [2.24, 2.45) is 10.9 Å². The van der Waals surface area contributed by atoms with E-state index >= 15 is 4.79 Å². The second-order valence-corrected chi connectivity index (χ2v) is 12.7. The first-order chi connectivity index (χ1) is 25.2. The molecule has 0 radical (unpaired) electrons. The van der Waals surface area contributed by atoms with Crippen LogP contribution in [0.15, 0.2) is 145 Å². The number of carbonyl (C=O) groups excluding carboxylic acids is 1. The smallest absolute Gasteiger partial charge is 0.193 e. The van der Waals surface area contributed by atoms with E-state index in [1.165, 1.54) is 0 Å². The van der Waals surface area contributed by atoms with Crippen molar-refractivity contribution in [3.8, 4) is 11.4 Å². The van der Waals surface area contributed by atoms with Crippen molar-refractivity contribution in [1.29, 1.82) is 0 Å². The van der Waals surface area contributed by atoms with Crippen LogP contribution in [-0.2, 0) is 0 Å². The van der Waals surface area contributed by atoms with Crippen LogP contribution >= 0.6 is 0 Å². The average molecular weight is 661 g/mol. The molecular formula is C42H28N8O. The largest absolute Gasteiger partial charge is 0.361 e. The number of aromatic nitrogens is 6. The van der Waals surface area contributed by atoms with E-state index in [1.54, 1.807) is 6.21 Å². The third-order valence-corrected chi connectivity index (χ3v) is 9.72. The minimum absolute atomic E-state index is 0.166. The lowest BCUT2D eigenvalue weighted by Crippen LogP contribution is -2.33. The second-order valence-electron chi connectivity index (χ2n) is 12.7. The number of carbonyl (C=O) groups is 1. The number of pyridine rings is 1. The van der Waals surface area contributed by atoms with Crippen LogP contribution in [0.2, 0.25) is 0 Å². The van der Waals surface area contributed by atoms with Gasteiger partial charge in [0.05, 0.1) is 40.0 Å². The Morgan fingerprint density at radius 2 is 1.59 bits per heavy atom. The minimum atomic E-state index is -0.698. The van der Waals surface area contributed by atoms with Crippen molar-refractivity contribution in [2.45, 2.75) is 6.04 Å². The molecule has 10 rings (SSSR count). The van der Waals surface area contributed by atoms with Crippen molar-refractivity contribution in [2.75, 3.05) is 6.54 Å². The van der Waals surface area contributed by atoms with Gasteiger partial charge < -0.3 is 9.88 Å². The topological polar surface area (TPSA) is 113 Å². The van der Waals surface area contributed by atoms with Crippen LogP contribution in [0.25, 0.3) is 49.9 Å². The Kier molecular flexibility index (Phi) is 6.63. The van der Waals surface area contributed by atoms with Crippen LogP contribution in [0, 0.1) is 5.92 Å². The fraction of sp³-hybridized carbons (Fsp3) is 0.0714. The van der Waals surface area contributed by atoms with E-state index in [0.717, 1.165) is 50.9 Å². The Balaban J connectivity index is 1.32. The molecule has 1 aliphatic carbocycles. The molecule has 0 fully saturated rings. The number of rotatable bonds is 5. The van der Waals surface area contributed by atoms with Crippen LogP contribution < -0.4 is 0 Å². The molecule has 0 saturated carbocycles. The summed E-state index contributed by atoms with van der Waals surface area (Å²) in [5.41, 5.74) is 8.03. The zero-order chi connectivity index (χ0) is 33.9. The van der Waals surface area contributed by atoms with Crippen LogP contribution in [-0.4, -0.2) is 59.4 Å². The van der Waals surface area contributed by atoms with Gasteiger partial charge in [0.1, 0.15) is 22.8 Å². The molecular weight excluding hydrogens is 633 g/mol. The molecule has 0 spiro atoms. The molecule has 1 N–H and O–H groups in total. The number of nitrogens with zero attached hydrogens (tertiary/aromatic N) is 7. The molecule has 2 aromatic carbocycles. The molecule has 9 heteroatoms. The van der Waals surface area contributed by atoms with E-state index in [0.29, 0.717) is 34.2 Å². The van der Waals surface area contributed by atoms with E-state index in [9.17, 15) is 0 Å². The van der Waals surface area contributed by atoms with Crippen molar-refractivity contribution in [3.05, 3.63) is 168 Å². The Morgan fingerprint density at radius 3 is 2.43 bits per heavy atom. The first kappa shape index (κ1) is 29.1. The van der Waals surface area contributed by atoms with Gasteiger partial charge in [0.15, 0.2) is 11.6 Å². The molecule has 0 saturated heterocycles. The lowest BCUT2D eigenvalue weighted by Gasteiger charge is -2.31. The van der Waals surface area contributed by atoms with Gasteiger partial charge in [-0.3, -0.25) is 9.79 Å². The molecule has 0 amide bonds. The van der Waals surface area contributed by atoms with Gasteiger partial charge in [-0.2, -0.15) is 0 Å². The maximum absolute atomic E-state index is 15.1. The van der Waals surface area contributed by atoms with Crippen LogP contribution in [0.1, 0.15) is 33.4 Å². The Labute approximate surface area is 292 Å². The van der Waals surface area contributed by atoms with E-state index in [2.05, 4.69) is 28.1 Å². The fourth-order valence-corrected chi connectivity index (χ4v) is 7.36. The van der Waals surface area contributed by atoms with Crippen molar-refractivity contribution in [3.63, 3.8) is 0 Å². The first-order valence-corrected chi connectivity index (χ1v) is 16.9. The lowest BCUT2D eigenvalue weighted by molar-refractivity contribution is 0.0936. The number of aromatic amines is 1. The predicted octanol–water partition coefficient (Wildman–Crippen LogP) is 7.41. The average Bonchev–Trinajstić information content (AvgIpc) is 3.93. The molecule has 2 unspecified atom stereocenters. The number of fused-ring (bicyclic) bond motifs is 4. The quantitative estimate of drug-likeness (QED) is 0.205. The SMILES string of the molecule is O=C1c2nc(C3=C4C=CC=CN4CC=C3)c(-c3ccc4ccccc4n3)nc2C(c2ncc3ccccc3n2)=C(c2ccc[nH]2)C1C1C=CC=N1. The summed E-state index contributed by atoms with van der Waals surface area (Å²) in [7, 11) is 0. The summed E-state index contributed by atoms with van der Waals surface area (Å²) < 4.78 is 0. The highest BCUT2D eigenvalue weighted by Crippen LogP contribution is 2.46. The van der Waals surface area contributed by atoms with Gasteiger partial charge in [-0.25, -0.2) is 24.9 Å². The molecule has 4 aliphatic rings. The summed E-state index contributed by atoms with van der Waals surface area (Å²) in [4.78, 5) is 51.1. The zero-order valence-corrected chi connectivity index (χ0v) is 27.2.